The third-order valence-corrected chi connectivity index (χ3v) is 4.46. The predicted molar refractivity (Wildman–Crippen MR) is 101 cm³/mol. The lowest BCUT2D eigenvalue weighted by molar-refractivity contribution is 0.0828. The molecule has 2 aromatic carbocycles. The van der Waals surface area contributed by atoms with Crippen molar-refractivity contribution in [2.24, 2.45) is 0 Å². The lowest BCUT2D eigenvalue weighted by Crippen LogP contribution is -2.28. The number of methoxy groups -OCH3 is 1. The standard InChI is InChI=1S/C20H20ClN3O2/c1-26-19(15-7-3-2-4-8-15)12-22-20(25)17-11-23-24(14-17)13-16-9-5-6-10-18(16)21/h2-11,14,19H,12-13H2,1H3,(H,22,25). The van der Waals surface area contributed by atoms with E-state index in [4.69, 9.17) is 16.3 Å². The Bertz CT molecular complexity index is 864. The molecule has 0 saturated heterocycles. The Labute approximate surface area is 157 Å². The Morgan fingerprint density at radius 1 is 1.19 bits per heavy atom. The number of nitrogens with zero attached hydrogens (tertiary/aromatic N) is 2. The summed E-state index contributed by atoms with van der Waals surface area (Å²) in [5.41, 5.74) is 2.47. The molecule has 3 rings (SSSR count). The molecule has 1 unspecified atom stereocenters. The Morgan fingerprint density at radius 3 is 2.65 bits per heavy atom. The normalized spacial score (nSPS) is 11.9. The Balaban J connectivity index is 1.60. The molecule has 0 fully saturated rings. The summed E-state index contributed by atoms with van der Waals surface area (Å²) in [6.45, 7) is 0.896. The quantitative estimate of drug-likeness (QED) is 0.690. The van der Waals surface area contributed by atoms with Crippen LogP contribution in [0.3, 0.4) is 0 Å². The fourth-order valence-corrected chi connectivity index (χ4v) is 2.86. The van der Waals surface area contributed by atoms with Crippen LogP contribution in [0.5, 0.6) is 0 Å². The predicted octanol–water partition coefficient (Wildman–Crippen LogP) is 3.70. The van der Waals surface area contributed by atoms with E-state index in [9.17, 15) is 4.79 Å². The monoisotopic (exact) mass is 369 g/mol. The lowest BCUT2D eigenvalue weighted by atomic mass is 10.1. The zero-order valence-electron chi connectivity index (χ0n) is 14.4. The number of carbonyl (C=O) groups excluding carboxylic acids is 1. The summed E-state index contributed by atoms with van der Waals surface area (Å²) >= 11 is 6.17. The van der Waals surface area contributed by atoms with Crippen LogP contribution in [-0.4, -0.2) is 29.3 Å². The van der Waals surface area contributed by atoms with Crippen molar-refractivity contribution in [1.82, 2.24) is 15.1 Å². The zero-order chi connectivity index (χ0) is 18.4. The summed E-state index contributed by atoms with van der Waals surface area (Å²) in [4.78, 5) is 12.4. The maximum Gasteiger partial charge on any atom is 0.254 e. The lowest BCUT2D eigenvalue weighted by Gasteiger charge is -2.16. The summed E-state index contributed by atoms with van der Waals surface area (Å²) in [6.07, 6.45) is 3.07. The number of halogens is 1. The fourth-order valence-electron chi connectivity index (χ4n) is 2.66. The molecule has 1 atom stereocenters. The van der Waals surface area contributed by atoms with Gasteiger partial charge in [0.2, 0.25) is 0 Å². The molecule has 3 aromatic rings. The van der Waals surface area contributed by atoms with Crippen LogP contribution in [0, 0.1) is 0 Å². The Morgan fingerprint density at radius 2 is 1.92 bits per heavy atom. The Hall–Kier alpha value is -2.63. The van der Waals surface area contributed by atoms with Crippen LogP contribution < -0.4 is 5.32 Å². The van der Waals surface area contributed by atoms with Gasteiger partial charge < -0.3 is 10.1 Å². The van der Waals surface area contributed by atoms with Crippen molar-refractivity contribution in [3.05, 3.63) is 88.7 Å². The highest BCUT2D eigenvalue weighted by atomic mass is 35.5. The summed E-state index contributed by atoms with van der Waals surface area (Å²) in [5, 5.41) is 7.82. The molecule has 0 aliphatic heterocycles. The van der Waals surface area contributed by atoms with Gasteiger partial charge in [-0.05, 0) is 17.2 Å². The van der Waals surface area contributed by atoms with E-state index < -0.39 is 0 Å². The first kappa shape index (κ1) is 18.2. The first-order chi connectivity index (χ1) is 12.7. The van der Waals surface area contributed by atoms with E-state index in [2.05, 4.69) is 10.4 Å². The van der Waals surface area contributed by atoms with Gasteiger partial charge in [0.15, 0.2) is 0 Å². The molecule has 1 heterocycles. The SMILES string of the molecule is COC(CNC(=O)c1cnn(Cc2ccccc2Cl)c1)c1ccccc1. The van der Waals surface area contributed by atoms with Crippen LogP contribution in [0.2, 0.25) is 5.02 Å². The van der Waals surface area contributed by atoms with E-state index in [1.807, 2.05) is 54.6 Å². The van der Waals surface area contributed by atoms with E-state index in [0.717, 1.165) is 11.1 Å². The van der Waals surface area contributed by atoms with Crippen molar-refractivity contribution in [2.75, 3.05) is 13.7 Å². The van der Waals surface area contributed by atoms with Crippen LogP contribution in [0.4, 0.5) is 0 Å². The van der Waals surface area contributed by atoms with Crippen LogP contribution in [0.25, 0.3) is 0 Å². The van der Waals surface area contributed by atoms with Gasteiger partial charge in [-0.2, -0.15) is 5.10 Å². The highest BCUT2D eigenvalue weighted by Crippen LogP contribution is 2.17. The van der Waals surface area contributed by atoms with Gasteiger partial charge >= 0.3 is 0 Å². The molecule has 0 bridgehead atoms. The number of ether oxygens (including phenoxy) is 1. The van der Waals surface area contributed by atoms with Gasteiger partial charge in [-0.1, -0.05) is 60.1 Å². The second-order valence-corrected chi connectivity index (χ2v) is 6.27. The van der Waals surface area contributed by atoms with Crippen LogP contribution in [-0.2, 0) is 11.3 Å². The van der Waals surface area contributed by atoms with E-state index in [1.54, 1.807) is 24.2 Å². The van der Waals surface area contributed by atoms with Gasteiger partial charge in [0, 0.05) is 24.9 Å². The molecule has 6 heteroatoms. The number of amides is 1. The highest BCUT2D eigenvalue weighted by molar-refractivity contribution is 6.31. The van der Waals surface area contributed by atoms with Crippen molar-refractivity contribution in [2.45, 2.75) is 12.6 Å². The van der Waals surface area contributed by atoms with Crippen molar-refractivity contribution in [1.29, 1.82) is 0 Å². The smallest absolute Gasteiger partial charge is 0.254 e. The van der Waals surface area contributed by atoms with Crippen molar-refractivity contribution < 1.29 is 9.53 Å². The van der Waals surface area contributed by atoms with E-state index in [-0.39, 0.29) is 12.0 Å². The number of nitrogens with one attached hydrogen (secondary N) is 1. The number of hydrogen-bond acceptors (Lipinski definition) is 3. The minimum Gasteiger partial charge on any atom is -0.375 e. The van der Waals surface area contributed by atoms with Gasteiger partial charge in [-0.25, -0.2) is 0 Å². The number of benzene rings is 2. The van der Waals surface area contributed by atoms with Crippen LogP contribution in [0.15, 0.2) is 67.0 Å². The van der Waals surface area contributed by atoms with Crippen molar-refractivity contribution in [3.8, 4) is 0 Å². The molecule has 0 aliphatic carbocycles. The molecule has 0 radical (unpaired) electrons. The molecule has 134 valence electrons. The van der Waals surface area contributed by atoms with E-state index in [1.165, 1.54) is 0 Å². The number of carbonyl (C=O) groups is 1. The highest BCUT2D eigenvalue weighted by Gasteiger charge is 2.14. The van der Waals surface area contributed by atoms with Crippen molar-refractivity contribution in [3.63, 3.8) is 0 Å². The first-order valence-corrected chi connectivity index (χ1v) is 8.67. The maximum atomic E-state index is 12.4. The van der Waals surface area contributed by atoms with Crippen LogP contribution >= 0.6 is 11.6 Å². The molecule has 0 saturated carbocycles. The van der Waals surface area contributed by atoms with Gasteiger partial charge in [-0.15, -0.1) is 0 Å². The second kappa shape index (κ2) is 8.65. The molecule has 1 N–H and O–H groups in total. The second-order valence-electron chi connectivity index (χ2n) is 5.86. The first-order valence-electron chi connectivity index (χ1n) is 8.29. The minimum atomic E-state index is -0.196. The molecule has 5 nitrogen and oxygen atoms in total. The maximum absolute atomic E-state index is 12.4. The molecule has 1 amide bonds. The minimum absolute atomic E-state index is 0.187. The van der Waals surface area contributed by atoms with Gasteiger partial charge in [-0.3, -0.25) is 9.48 Å². The van der Waals surface area contributed by atoms with Gasteiger partial charge in [0.25, 0.3) is 5.91 Å². The summed E-state index contributed by atoms with van der Waals surface area (Å²) in [5.74, 6) is -0.187. The molecular weight excluding hydrogens is 350 g/mol. The molecule has 0 spiro atoms. The Kier molecular flexibility index (Phi) is 6.04. The van der Waals surface area contributed by atoms with E-state index >= 15 is 0 Å². The fraction of sp³-hybridized carbons (Fsp3) is 0.200. The van der Waals surface area contributed by atoms with Crippen LogP contribution in [0.1, 0.15) is 27.6 Å². The topological polar surface area (TPSA) is 56.1 Å². The molecule has 26 heavy (non-hydrogen) atoms. The van der Waals surface area contributed by atoms with Gasteiger partial charge in [0.1, 0.15) is 0 Å². The van der Waals surface area contributed by atoms with E-state index in [0.29, 0.717) is 23.7 Å². The average Bonchev–Trinajstić information content (AvgIpc) is 3.13. The molecule has 1 aromatic heterocycles. The number of aromatic nitrogens is 2. The number of hydrogen-bond donors (Lipinski definition) is 1. The number of rotatable bonds is 7. The van der Waals surface area contributed by atoms with Crippen molar-refractivity contribution >= 4 is 17.5 Å². The molecular formula is C20H20ClN3O2. The summed E-state index contributed by atoms with van der Waals surface area (Å²) in [6, 6.07) is 17.4. The third-order valence-electron chi connectivity index (χ3n) is 4.09. The molecule has 0 aliphatic rings. The summed E-state index contributed by atoms with van der Waals surface area (Å²) < 4.78 is 7.17. The van der Waals surface area contributed by atoms with Gasteiger partial charge in [0.05, 0.1) is 24.4 Å². The third kappa shape index (κ3) is 4.50. The largest absolute Gasteiger partial charge is 0.375 e. The zero-order valence-corrected chi connectivity index (χ0v) is 15.2. The summed E-state index contributed by atoms with van der Waals surface area (Å²) in [7, 11) is 1.63. The average molecular weight is 370 g/mol.